The molecule has 2 unspecified atom stereocenters. The zero-order valence-corrected chi connectivity index (χ0v) is 44.1. The van der Waals surface area contributed by atoms with Gasteiger partial charge in [0.1, 0.15) is 17.2 Å². The second-order valence-electron chi connectivity index (χ2n) is 21.3. The molecule has 6 heterocycles. The molecule has 2 saturated heterocycles. The van der Waals surface area contributed by atoms with Gasteiger partial charge in [0.05, 0.1) is 40.5 Å². The normalized spacial score (nSPS) is 16.9. The van der Waals surface area contributed by atoms with Crippen molar-refractivity contribution in [3.63, 3.8) is 0 Å². The van der Waals surface area contributed by atoms with Crippen LogP contribution in [0.3, 0.4) is 0 Å². The van der Waals surface area contributed by atoms with Crippen LogP contribution in [0.15, 0.2) is 91.0 Å². The molecule has 0 spiro atoms. The molecule has 75 heavy (non-hydrogen) atoms. The van der Waals surface area contributed by atoms with Crippen molar-refractivity contribution in [3.8, 4) is 16.9 Å². The van der Waals surface area contributed by atoms with Crippen molar-refractivity contribution in [1.82, 2.24) is 30.0 Å². The summed E-state index contributed by atoms with van der Waals surface area (Å²) in [6.07, 6.45) is 4.41. The van der Waals surface area contributed by atoms with Gasteiger partial charge in [0.15, 0.2) is 10.8 Å². The summed E-state index contributed by atoms with van der Waals surface area (Å²) in [7, 11) is 1.81. The van der Waals surface area contributed by atoms with Gasteiger partial charge in [-0.1, -0.05) is 48.6 Å². The zero-order valence-electron chi connectivity index (χ0n) is 43.3. The predicted octanol–water partition coefficient (Wildman–Crippen LogP) is 9.60. The number of aromatic nitrogens is 4. The summed E-state index contributed by atoms with van der Waals surface area (Å²) in [5, 5.41) is 14.5. The van der Waals surface area contributed by atoms with E-state index in [2.05, 4.69) is 48.8 Å². The number of hydrogen-bond donors (Lipinski definition) is 3. The molecule has 10 rings (SSSR count). The van der Waals surface area contributed by atoms with E-state index < -0.39 is 17.5 Å². The van der Waals surface area contributed by atoms with Crippen molar-refractivity contribution in [3.05, 3.63) is 125 Å². The smallest absolute Gasteiger partial charge is 0.358 e. The number of aryl methyl sites for hydroxylation is 2. The predicted molar refractivity (Wildman–Crippen MR) is 291 cm³/mol. The number of likely N-dealkylation sites (tertiary alicyclic amines) is 1. The third-order valence-electron chi connectivity index (χ3n) is 14.4. The monoisotopic (exact) mass is 1030 g/mol. The summed E-state index contributed by atoms with van der Waals surface area (Å²) in [6.45, 7) is 13.4. The topological polar surface area (TPSA) is 190 Å². The van der Waals surface area contributed by atoms with E-state index in [0.29, 0.717) is 84.4 Å². The van der Waals surface area contributed by atoms with Crippen molar-refractivity contribution >= 4 is 78.7 Å². The number of para-hydroxylation sites is 1. The van der Waals surface area contributed by atoms with E-state index in [1.54, 1.807) is 4.68 Å². The fraction of sp³-hybridized carbons (Fsp3) is 0.379. The first-order valence-corrected chi connectivity index (χ1v) is 26.7. The zero-order chi connectivity index (χ0) is 52.5. The van der Waals surface area contributed by atoms with Gasteiger partial charge in [-0.05, 0) is 168 Å². The number of piperidine rings is 2. The Bertz CT molecular complexity index is 3320. The average Bonchev–Trinajstić information content (AvgIpc) is 3.94. The highest BCUT2D eigenvalue weighted by molar-refractivity contribution is 7.22. The van der Waals surface area contributed by atoms with E-state index in [1.807, 2.05) is 120 Å². The molecule has 0 saturated carbocycles. The van der Waals surface area contributed by atoms with Gasteiger partial charge in [0, 0.05) is 48.8 Å². The molecule has 17 heteroatoms. The quantitative estimate of drug-likeness (QED) is 0.0692. The van der Waals surface area contributed by atoms with E-state index in [1.165, 1.54) is 11.3 Å². The number of amides is 4. The van der Waals surface area contributed by atoms with E-state index in [4.69, 9.17) is 14.5 Å². The summed E-state index contributed by atoms with van der Waals surface area (Å²) in [5.41, 5.74) is 7.47. The fourth-order valence-electron chi connectivity index (χ4n) is 10.7. The third kappa shape index (κ3) is 11.6. The van der Waals surface area contributed by atoms with Crippen LogP contribution < -0.4 is 25.6 Å². The van der Waals surface area contributed by atoms with E-state index in [9.17, 15) is 24.0 Å². The van der Waals surface area contributed by atoms with Crippen molar-refractivity contribution in [2.45, 2.75) is 91.2 Å². The molecule has 7 aromatic rings. The van der Waals surface area contributed by atoms with Crippen LogP contribution >= 0.6 is 11.3 Å². The minimum absolute atomic E-state index is 0.0817. The maximum absolute atomic E-state index is 14.0. The Labute approximate surface area is 440 Å². The second kappa shape index (κ2) is 21.4. The van der Waals surface area contributed by atoms with Crippen LogP contribution in [0.1, 0.15) is 109 Å². The maximum atomic E-state index is 14.0. The molecular formula is C58H63N9O7S. The number of imide groups is 1. The number of esters is 1. The molecule has 2 atom stereocenters. The number of ether oxygens (including phenoxy) is 2. The minimum Gasteiger partial charge on any atom is -0.493 e. The van der Waals surface area contributed by atoms with Crippen molar-refractivity contribution < 1.29 is 33.4 Å². The molecule has 0 aliphatic carbocycles. The van der Waals surface area contributed by atoms with Gasteiger partial charge in [-0.15, -0.1) is 0 Å². The molecule has 4 aromatic carbocycles. The molecule has 388 valence electrons. The number of hydrogen-bond acceptors (Lipinski definition) is 13. The number of nitrogens with one attached hydrogen (secondary N) is 3. The SMILES string of the molecule is Cc1cc(OCC(C)CC2CCN(CC(=O)Nc3ccc4c(C5CCC(=O)NC5=O)nn(C)c4c3)CC2)ccc1-c1ccc(N2CCc3cccc(C(=O)Nc4nc5ccccc5s4)c3C2)nc1C(=O)OC(C)(C)C. The third-order valence-corrected chi connectivity index (χ3v) is 15.3. The Kier molecular flexibility index (Phi) is 14.5. The summed E-state index contributed by atoms with van der Waals surface area (Å²) in [4.78, 5) is 79.2. The first kappa shape index (κ1) is 51.0. The highest BCUT2D eigenvalue weighted by Crippen LogP contribution is 2.36. The van der Waals surface area contributed by atoms with Gasteiger partial charge < -0.3 is 19.7 Å². The maximum Gasteiger partial charge on any atom is 0.358 e. The molecule has 3 aliphatic heterocycles. The lowest BCUT2D eigenvalue weighted by molar-refractivity contribution is -0.134. The molecule has 3 aliphatic rings. The lowest BCUT2D eigenvalue weighted by Crippen LogP contribution is -2.39. The summed E-state index contributed by atoms with van der Waals surface area (Å²) in [5.74, 6) is 0.310. The number of pyridine rings is 1. The molecule has 0 bridgehead atoms. The summed E-state index contributed by atoms with van der Waals surface area (Å²) < 4.78 is 15.0. The molecule has 2 fully saturated rings. The van der Waals surface area contributed by atoms with E-state index in [0.717, 1.165) is 81.5 Å². The van der Waals surface area contributed by atoms with Crippen LogP contribution in [0.4, 0.5) is 16.6 Å². The van der Waals surface area contributed by atoms with Crippen molar-refractivity contribution in [2.24, 2.45) is 18.9 Å². The number of carbonyl (C=O) groups excluding carboxylic acids is 5. The van der Waals surface area contributed by atoms with Gasteiger partial charge in [0.2, 0.25) is 17.7 Å². The molecule has 3 N–H and O–H groups in total. The number of carbonyl (C=O) groups is 5. The number of nitrogens with zero attached hydrogens (tertiary/aromatic N) is 6. The van der Waals surface area contributed by atoms with Gasteiger partial charge in [0.25, 0.3) is 5.91 Å². The summed E-state index contributed by atoms with van der Waals surface area (Å²) >= 11 is 1.44. The van der Waals surface area contributed by atoms with Crippen LogP contribution in [0.25, 0.3) is 32.2 Å². The number of thiazole rings is 1. The van der Waals surface area contributed by atoms with E-state index in [-0.39, 0.29) is 35.7 Å². The molecule has 16 nitrogen and oxygen atoms in total. The van der Waals surface area contributed by atoms with E-state index >= 15 is 0 Å². The fourth-order valence-corrected chi connectivity index (χ4v) is 11.5. The second-order valence-corrected chi connectivity index (χ2v) is 22.3. The largest absolute Gasteiger partial charge is 0.493 e. The standard InChI is InChI=1S/C58H63N9O7S/c1-34(28-36-22-25-66(26-23-36)32-51(69)59-38-14-16-43-47(30-38)65(6)64-52(43)44-19-21-50(68)62-55(44)71)33-73-39-15-17-40(35(2)29-39)41-18-20-49(61-53(41)56(72)74-58(3,4)5)67-27-24-37-10-9-11-42(45(37)31-67)54(70)63-57-60-46-12-7-8-13-48(46)75-57/h7-18,20,29-30,34,36,44H,19,21-28,31-33H2,1-6H3,(H,59,69)(H,60,63,70)(H,62,68,71). The van der Waals surface area contributed by atoms with Crippen LogP contribution in [-0.2, 0) is 39.1 Å². The highest BCUT2D eigenvalue weighted by Gasteiger charge is 2.33. The van der Waals surface area contributed by atoms with Crippen LogP contribution in [-0.4, -0.2) is 92.6 Å². The van der Waals surface area contributed by atoms with Crippen molar-refractivity contribution in [1.29, 1.82) is 0 Å². The van der Waals surface area contributed by atoms with Crippen LogP contribution in [0.2, 0.25) is 0 Å². The number of benzene rings is 4. The van der Waals surface area contributed by atoms with Gasteiger partial charge in [-0.3, -0.25) is 39.4 Å². The Morgan fingerprint density at radius 1 is 0.880 bits per heavy atom. The Morgan fingerprint density at radius 3 is 2.45 bits per heavy atom. The first-order chi connectivity index (χ1) is 36.0. The van der Waals surface area contributed by atoms with Crippen LogP contribution in [0, 0.1) is 18.8 Å². The summed E-state index contributed by atoms with van der Waals surface area (Å²) in [6, 6.07) is 29.1. The molecule has 3 aromatic heterocycles. The molecule has 4 amide bonds. The average molecular weight is 1030 g/mol. The Balaban J connectivity index is 0.734. The van der Waals surface area contributed by atoms with Gasteiger partial charge in [-0.25, -0.2) is 14.8 Å². The highest BCUT2D eigenvalue weighted by atomic mass is 32.1. The van der Waals surface area contributed by atoms with Crippen molar-refractivity contribution in [2.75, 3.05) is 48.3 Å². The molecular weight excluding hydrogens is 967 g/mol. The van der Waals surface area contributed by atoms with Gasteiger partial charge in [-0.2, -0.15) is 5.10 Å². The number of fused-ring (bicyclic) bond motifs is 3. The number of anilines is 3. The first-order valence-electron chi connectivity index (χ1n) is 25.9. The Hall–Kier alpha value is -7.50. The van der Waals surface area contributed by atoms with Crippen LogP contribution in [0.5, 0.6) is 5.75 Å². The number of rotatable bonds is 14. The lowest BCUT2D eigenvalue weighted by Gasteiger charge is -2.32. The molecule has 0 radical (unpaired) electrons. The lowest BCUT2D eigenvalue weighted by atomic mass is 9.88. The Morgan fingerprint density at radius 2 is 1.68 bits per heavy atom. The van der Waals surface area contributed by atoms with Gasteiger partial charge >= 0.3 is 5.97 Å². The minimum atomic E-state index is -0.743.